The molecule has 2 aliphatic rings. The fourth-order valence-corrected chi connectivity index (χ4v) is 3.15. The van der Waals surface area contributed by atoms with Gasteiger partial charge in [0.15, 0.2) is 0 Å². The third kappa shape index (κ3) is 2.27. The molecule has 0 radical (unpaired) electrons. The summed E-state index contributed by atoms with van der Waals surface area (Å²) in [5.41, 5.74) is 2.95. The monoisotopic (exact) mass is 244 g/mol. The van der Waals surface area contributed by atoms with Crippen molar-refractivity contribution in [3.63, 3.8) is 0 Å². The minimum absolute atomic E-state index is 0.303. The highest BCUT2D eigenvalue weighted by molar-refractivity contribution is 5.78. The van der Waals surface area contributed by atoms with Crippen molar-refractivity contribution < 1.29 is 4.79 Å². The molecule has 3 heteroatoms. The van der Waals surface area contributed by atoms with Crippen molar-refractivity contribution in [2.45, 2.75) is 19.4 Å². The lowest BCUT2D eigenvalue weighted by molar-refractivity contribution is -0.126. The van der Waals surface area contributed by atoms with E-state index in [-0.39, 0.29) is 0 Å². The van der Waals surface area contributed by atoms with Crippen LogP contribution in [0.15, 0.2) is 24.3 Å². The summed E-state index contributed by atoms with van der Waals surface area (Å²) in [6.45, 7) is 4.16. The zero-order valence-electron chi connectivity index (χ0n) is 10.9. The van der Waals surface area contributed by atoms with Crippen LogP contribution in [0.2, 0.25) is 0 Å². The smallest absolute Gasteiger partial charge is 0.222 e. The number of carbonyl (C=O) groups is 1. The molecule has 2 heterocycles. The van der Waals surface area contributed by atoms with E-state index in [4.69, 9.17) is 0 Å². The molecule has 0 spiro atoms. The molecule has 3 nitrogen and oxygen atoms in total. The Kier molecular flexibility index (Phi) is 3.08. The lowest BCUT2D eigenvalue weighted by Crippen LogP contribution is -2.35. The SMILES string of the molecule is CN1CC(CN2CCc3ccccc3C2)CC1=O. The van der Waals surface area contributed by atoms with Crippen LogP contribution in [-0.4, -0.2) is 42.4 Å². The van der Waals surface area contributed by atoms with Gasteiger partial charge in [-0.05, 0) is 23.5 Å². The summed E-state index contributed by atoms with van der Waals surface area (Å²) in [6, 6.07) is 8.71. The molecule has 1 amide bonds. The first-order valence-corrected chi connectivity index (χ1v) is 6.75. The lowest BCUT2D eigenvalue weighted by Gasteiger charge is -2.30. The minimum Gasteiger partial charge on any atom is -0.345 e. The zero-order valence-corrected chi connectivity index (χ0v) is 10.9. The van der Waals surface area contributed by atoms with Gasteiger partial charge in [0.05, 0.1) is 0 Å². The summed E-state index contributed by atoms with van der Waals surface area (Å²) in [5, 5.41) is 0. The number of fused-ring (bicyclic) bond motifs is 1. The van der Waals surface area contributed by atoms with Gasteiger partial charge in [0.1, 0.15) is 0 Å². The maximum absolute atomic E-state index is 11.5. The predicted octanol–water partition coefficient (Wildman–Crippen LogP) is 1.52. The Hall–Kier alpha value is -1.35. The molecule has 2 aliphatic heterocycles. The first kappa shape index (κ1) is 11.7. The van der Waals surface area contributed by atoms with Crippen LogP contribution in [0.3, 0.4) is 0 Å². The Morgan fingerprint density at radius 2 is 2.06 bits per heavy atom. The molecule has 0 bridgehead atoms. The van der Waals surface area contributed by atoms with E-state index in [0.29, 0.717) is 11.8 Å². The van der Waals surface area contributed by atoms with Gasteiger partial charge in [-0.2, -0.15) is 0 Å². The van der Waals surface area contributed by atoms with Crippen molar-refractivity contribution in [3.8, 4) is 0 Å². The van der Waals surface area contributed by atoms with Crippen LogP contribution < -0.4 is 0 Å². The van der Waals surface area contributed by atoms with Crippen LogP contribution in [0.1, 0.15) is 17.5 Å². The van der Waals surface area contributed by atoms with E-state index in [0.717, 1.165) is 39.0 Å². The summed E-state index contributed by atoms with van der Waals surface area (Å²) in [7, 11) is 1.91. The fourth-order valence-electron chi connectivity index (χ4n) is 3.15. The Morgan fingerprint density at radius 1 is 1.28 bits per heavy atom. The molecule has 1 saturated heterocycles. The van der Waals surface area contributed by atoms with Crippen LogP contribution in [0.4, 0.5) is 0 Å². The average Bonchev–Trinajstić information content (AvgIpc) is 2.68. The molecule has 1 aromatic carbocycles. The molecule has 3 rings (SSSR count). The van der Waals surface area contributed by atoms with Crippen molar-refractivity contribution in [3.05, 3.63) is 35.4 Å². The van der Waals surface area contributed by atoms with Crippen LogP contribution in [-0.2, 0) is 17.8 Å². The minimum atomic E-state index is 0.303. The first-order chi connectivity index (χ1) is 8.72. The maximum Gasteiger partial charge on any atom is 0.222 e. The largest absolute Gasteiger partial charge is 0.345 e. The van der Waals surface area contributed by atoms with E-state index >= 15 is 0 Å². The fraction of sp³-hybridized carbons (Fsp3) is 0.533. The number of nitrogens with zero attached hydrogens (tertiary/aromatic N) is 2. The number of hydrogen-bond donors (Lipinski definition) is 0. The van der Waals surface area contributed by atoms with E-state index in [9.17, 15) is 4.79 Å². The summed E-state index contributed by atoms with van der Waals surface area (Å²) < 4.78 is 0. The predicted molar refractivity (Wildman–Crippen MR) is 71.2 cm³/mol. The molecule has 0 saturated carbocycles. The van der Waals surface area contributed by atoms with Crippen molar-refractivity contribution in [1.82, 2.24) is 9.80 Å². The Morgan fingerprint density at radius 3 is 2.78 bits per heavy atom. The summed E-state index contributed by atoms with van der Waals surface area (Å²) in [5.74, 6) is 0.824. The second kappa shape index (κ2) is 4.73. The Labute approximate surface area is 108 Å². The second-order valence-corrected chi connectivity index (χ2v) is 5.60. The molecular weight excluding hydrogens is 224 g/mol. The number of rotatable bonds is 2. The van der Waals surface area contributed by atoms with Gasteiger partial charge in [0, 0.05) is 39.6 Å². The molecule has 1 atom stereocenters. The number of amides is 1. The Balaban J connectivity index is 1.62. The molecule has 0 aromatic heterocycles. The summed E-state index contributed by atoms with van der Waals surface area (Å²) >= 11 is 0. The quantitative estimate of drug-likeness (QED) is 0.787. The third-order valence-corrected chi connectivity index (χ3v) is 4.15. The van der Waals surface area contributed by atoms with E-state index in [2.05, 4.69) is 29.2 Å². The standard InChI is InChI=1S/C15H20N2O/c1-16-9-12(8-15(16)18)10-17-7-6-13-4-2-3-5-14(13)11-17/h2-5,12H,6-11H2,1H3. The number of likely N-dealkylation sites (tertiary alicyclic amines) is 1. The van der Waals surface area contributed by atoms with Gasteiger partial charge in [-0.1, -0.05) is 24.3 Å². The molecule has 96 valence electrons. The van der Waals surface area contributed by atoms with Gasteiger partial charge in [-0.25, -0.2) is 0 Å². The van der Waals surface area contributed by atoms with Gasteiger partial charge in [-0.3, -0.25) is 9.69 Å². The molecular formula is C15H20N2O. The normalized spacial score (nSPS) is 24.4. The van der Waals surface area contributed by atoms with E-state index in [1.807, 2.05) is 11.9 Å². The van der Waals surface area contributed by atoms with E-state index in [1.54, 1.807) is 0 Å². The molecule has 18 heavy (non-hydrogen) atoms. The van der Waals surface area contributed by atoms with Crippen LogP contribution in [0.5, 0.6) is 0 Å². The average molecular weight is 244 g/mol. The van der Waals surface area contributed by atoms with Crippen LogP contribution >= 0.6 is 0 Å². The van der Waals surface area contributed by atoms with Gasteiger partial charge in [0.25, 0.3) is 0 Å². The molecule has 1 aromatic rings. The zero-order chi connectivity index (χ0) is 12.5. The Bertz CT molecular complexity index is 458. The van der Waals surface area contributed by atoms with Crippen molar-refractivity contribution in [2.24, 2.45) is 5.92 Å². The van der Waals surface area contributed by atoms with Gasteiger partial charge >= 0.3 is 0 Å². The van der Waals surface area contributed by atoms with Gasteiger partial charge in [-0.15, -0.1) is 0 Å². The molecule has 1 fully saturated rings. The maximum atomic E-state index is 11.5. The number of benzene rings is 1. The van der Waals surface area contributed by atoms with Crippen molar-refractivity contribution >= 4 is 5.91 Å². The molecule has 1 unspecified atom stereocenters. The van der Waals surface area contributed by atoms with Gasteiger partial charge in [0.2, 0.25) is 5.91 Å². The summed E-state index contributed by atoms with van der Waals surface area (Å²) in [6.07, 6.45) is 1.88. The molecule has 0 N–H and O–H groups in total. The molecule has 0 aliphatic carbocycles. The van der Waals surface area contributed by atoms with Crippen molar-refractivity contribution in [2.75, 3.05) is 26.7 Å². The van der Waals surface area contributed by atoms with Crippen molar-refractivity contribution in [1.29, 1.82) is 0 Å². The van der Waals surface area contributed by atoms with Crippen LogP contribution in [0.25, 0.3) is 0 Å². The lowest BCUT2D eigenvalue weighted by atomic mass is 9.98. The number of hydrogen-bond acceptors (Lipinski definition) is 2. The van der Waals surface area contributed by atoms with Crippen LogP contribution in [0, 0.1) is 5.92 Å². The second-order valence-electron chi connectivity index (χ2n) is 5.60. The first-order valence-electron chi connectivity index (χ1n) is 6.75. The highest BCUT2D eigenvalue weighted by Crippen LogP contribution is 2.22. The van der Waals surface area contributed by atoms with E-state index < -0.39 is 0 Å². The van der Waals surface area contributed by atoms with Gasteiger partial charge < -0.3 is 4.90 Å². The third-order valence-electron chi connectivity index (χ3n) is 4.15. The van der Waals surface area contributed by atoms with E-state index in [1.165, 1.54) is 11.1 Å². The topological polar surface area (TPSA) is 23.6 Å². The summed E-state index contributed by atoms with van der Waals surface area (Å²) in [4.78, 5) is 15.9. The highest BCUT2D eigenvalue weighted by Gasteiger charge is 2.29. The highest BCUT2D eigenvalue weighted by atomic mass is 16.2. The number of carbonyl (C=O) groups excluding carboxylic acids is 1.